The molecule has 0 saturated carbocycles. The molecule has 1 aliphatic rings. The van der Waals surface area contributed by atoms with E-state index in [1.165, 1.54) is 5.57 Å². The highest BCUT2D eigenvalue weighted by Crippen LogP contribution is 2.23. The number of nitrogens with two attached hydrogens (primary N) is 1. The Labute approximate surface area is 75.7 Å². The van der Waals surface area contributed by atoms with Crippen LogP contribution in [0.4, 0.5) is 0 Å². The average molecular weight is 217 g/mol. The summed E-state index contributed by atoms with van der Waals surface area (Å²) >= 11 is 3.39. The molecule has 1 aliphatic heterocycles. The maximum Gasteiger partial charge on any atom is 0.105 e. The minimum Gasteiger partial charge on any atom is -0.369 e. The standard InChI is InChI=1S/C8H13BrN2/c1-3-6-4-7(9)5-11-8(6,2)10/h4-5,11H,3,10H2,1-2H3. The van der Waals surface area contributed by atoms with Crippen LogP contribution in [0.25, 0.3) is 0 Å². The third-order valence-electron chi connectivity index (χ3n) is 1.87. The van der Waals surface area contributed by atoms with Crippen molar-refractivity contribution in [3.63, 3.8) is 0 Å². The van der Waals surface area contributed by atoms with E-state index in [1.54, 1.807) is 0 Å². The highest BCUT2D eigenvalue weighted by Gasteiger charge is 2.23. The quantitative estimate of drug-likeness (QED) is 0.703. The molecule has 0 aromatic rings. The molecule has 3 heteroatoms. The molecule has 11 heavy (non-hydrogen) atoms. The highest BCUT2D eigenvalue weighted by molar-refractivity contribution is 9.11. The van der Waals surface area contributed by atoms with Crippen molar-refractivity contribution in [1.82, 2.24) is 5.32 Å². The lowest BCUT2D eigenvalue weighted by atomic mass is 9.98. The van der Waals surface area contributed by atoms with Gasteiger partial charge in [-0.1, -0.05) is 6.92 Å². The highest BCUT2D eigenvalue weighted by atomic mass is 79.9. The van der Waals surface area contributed by atoms with Crippen LogP contribution in [0.3, 0.4) is 0 Å². The average Bonchev–Trinajstić information content (AvgIpc) is 1.94. The fourth-order valence-electron chi connectivity index (χ4n) is 1.14. The van der Waals surface area contributed by atoms with E-state index < -0.39 is 0 Å². The molecular formula is C8H13BrN2. The Morgan fingerprint density at radius 1 is 1.73 bits per heavy atom. The fourth-order valence-corrected chi connectivity index (χ4v) is 1.53. The maximum absolute atomic E-state index is 5.95. The van der Waals surface area contributed by atoms with Gasteiger partial charge in [-0.25, -0.2) is 0 Å². The Balaban J connectivity index is 2.89. The second-order valence-corrected chi connectivity index (χ2v) is 3.81. The van der Waals surface area contributed by atoms with E-state index in [4.69, 9.17) is 5.73 Å². The SMILES string of the molecule is CCC1=CC(Br)=CNC1(C)N. The van der Waals surface area contributed by atoms with Gasteiger partial charge >= 0.3 is 0 Å². The first-order chi connectivity index (χ1) is 5.06. The fraction of sp³-hybridized carbons (Fsp3) is 0.500. The first-order valence-electron chi connectivity index (χ1n) is 3.69. The van der Waals surface area contributed by atoms with Gasteiger partial charge in [-0.15, -0.1) is 0 Å². The summed E-state index contributed by atoms with van der Waals surface area (Å²) < 4.78 is 1.05. The van der Waals surface area contributed by atoms with E-state index >= 15 is 0 Å². The van der Waals surface area contributed by atoms with Gasteiger partial charge in [0.1, 0.15) is 5.66 Å². The van der Waals surface area contributed by atoms with Crippen LogP contribution in [0, 0.1) is 0 Å². The summed E-state index contributed by atoms with van der Waals surface area (Å²) in [6, 6.07) is 0. The zero-order valence-electron chi connectivity index (χ0n) is 6.82. The molecule has 0 bridgehead atoms. The predicted octanol–water partition coefficient (Wildman–Crippen LogP) is 1.84. The molecule has 0 radical (unpaired) electrons. The van der Waals surface area contributed by atoms with Gasteiger partial charge in [-0.3, -0.25) is 0 Å². The van der Waals surface area contributed by atoms with Gasteiger partial charge in [0.15, 0.2) is 0 Å². The number of hydrogen-bond donors (Lipinski definition) is 2. The Morgan fingerprint density at radius 2 is 2.36 bits per heavy atom. The largest absolute Gasteiger partial charge is 0.369 e. The predicted molar refractivity (Wildman–Crippen MR) is 51.1 cm³/mol. The molecule has 1 unspecified atom stereocenters. The van der Waals surface area contributed by atoms with Crippen molar-refractivity contribution in [2.24, 2.45) is 5.73 Å². The Morgan fingerprint density at radius 3 is 2.82 bits per heavy atom. The maximum atomic E-state index is 5.95. The Kier molecular flexibility index (Phi) is 2.40. The molecule has 0 aromatic heterocycles. The van der Waals surface area contributed by atoms with E-state index in [0.29, 0.717) is 0 Å². The first-order valence-corrected chi connectivity index (χ1v) is 4.49. The minimum atomic E-state index is -0.369. The van der Waals surface area contributed by atoms with Crippen molar-refractivity contribution in [2.75, 3.05) is 0 Å². The molecule has 1 heterocycles. The first kappa shape index (κ1) is 8.81. The number of halogens is 1. The van der Waals surface area contributed by atoms with E-state index in [-0.39, 0.29) is 5.66 Å². The summed E-state index contributed by atoms with van der Waals surface area (Å²) in [6.45, 7) is 4.07. The molecule has 3 N–H and O–H groups in total. The molecular weight excluding hydrogens is 204 g/mol. The van der Waals surface area contributed by atoms with Crippen LogP contribution < -0.4 is 11.1 Å². The van der Waals surface area contributed by atoms with Crippen LogP contribution in [0.1, 0.15) is 20.3 Å². The van der Waals surface area contributed by atoms with Crippen molar-refractivity contribution in [3.05, 3.63) is 22.3 Å². The topological polar surface area (TPSA) is 38.0 Å². The molecule has 2 nitrogen and oxygen atoms in total. The van der Waals surface area contributed by atoms with Gasteiger partial charge in [-0.2, -0.15) is 0 Å². The van der Waals surface area contributed by atoms with Crippen LogP contribution in [0.5, 0.6) is 0 Å². The van der Waals surface area contributed by atoms with Gasteiger partial charge in [0.2, 0.25) is 0 Å². The van der Waals surface area contributed by atoms with Gasteiger partial charge < -0.3 is 11.1 Å². The Bertz CT molecular complexity index is 216. The van der Waals surface area contributed by atoms with Crippen molar-refractivity contribution in [1.29, 1.82) is 0 Å². The zero-order chi connectivity index (χ0) is 8.48. The van der Waals surface area contributed by atoms with Crippen molar-refractivity contribution in [2.45, 2.75) is 25.9 Å². The summed E-state index contributed by atoms with van der Waals surface area (Å²) in [5, 5.41) is 3.11. The van der Waals surface area contributed by atoms with E-state index in [2.05, 4.69) is 34.2 Å². The van der Waals surface area contributed by atoms with E-state index in [9.17, 15) is 0 Å². The number of rotatable bonds is 1. The van der Waals surface area contributed by atoms with Gasteiger partial charge in [0.05, 0.1) is 0 Å². The van der Waals surface area contributed by atoms with Crippen LogP contribution >= 0.6 is 15.9 Å². The Hall–Kier alpha value is -0.280. The van der Waals surface area contributed by atoms with E-state index in [1.807, 2.05) is 13.1 Å². The van der Waals surface area contributed by atoms with Crippen LogP contribution in [-0.4, -0.2) is 5.66 Å². The van der Waals surface area contributed by atoms with Crippen molar-refractivity contribution in [3.8, 4) is 0 Å². The molecule has 0 aromatic carbocycles. The molecule has 0 amide bonds. The molecule has 1 rings (SSSR count). The number of allylic oxidation sites excluding steroid dienone is 2. The van der Waals surface area contributed by atoms with Gasteiger partial charge in [0.25, 0.3) is 0 Å². The third-order valence-corrected chi connectivity index (χ3v) is 2.33. The van der Waals surface area contributed by atoms with Crippen molar-refractivity contribution >= 4 is 15.9 Å². The summed E-state index contributed by atoms with van der Waals surface area (Å²) in [5.41, 5.74) is 6.80. The molecule has 1 atom stereocenters. The summed E-state index contributed by atoms with van der Waals surface area (Å²) in [6.07, 6.45) is 4.92. The van der Waals surface area contributed by atoms with E-state index in [0.717, 1.165) is 10.9 Å². The minimum absolute atomic E-state index is 0.369. The number of dihydropyridines is 1. The lowest BCUT2D eigenvalue weighted by molar-refractivity contribution is 0.473. The molecule has 0 fully saturated rings. The van der Waals surface area contributed by atoms with Crippen LogP contribution in [0.2, 0.25) is 0 Å². The second-order valence-electron chi connectivity index (χ2n) is 2.90. The molecule has 0 saturated heterocycles. The summed E-state index contributed by atoms with van der Waals surface area (Å²) in [4.78, 5) is 0. The number of nitrogens with one attached hydrogen (secondary N) is 1. The van der Waals surface area contributed by atoms with Gasteiger partial charge in [0, 0.05) is 10.7 Å². The lowest BCUT2D eigenvalue weighted by Crippen LogP contribution is -2.51. The van der Waals surface area contributed by atoms with Crippen LogP contribution in [-0.2, 0) is 0 Å². The summed E-state index contributed by atoms with van der Waals surface area (Å²) in [5.74, 6) is 0. The van der Waals surface area contributed by atoms with Crippen molar-refractivity contribution < 1.29 is 0 Å². The van der Waals surface area contributed by atoms with Crippen LogP contribution in [0.15, 0.2) is 22.3 Å². The second kappa shape index (κ2) is 2.99. The zero-order valence-corrected chi connectivity index (χ0v) is 8.40. The molecule has 0 aliphatic carbocycles. The molecule has 0 spiro atoms. The lowest BCUT2D eigenvalue weighted by Gasteiger charge is -2.31. The number of hydrogen-bond acceptors (Lipinski definition) is 2. The monoisotopic (exact) mass is 216 g/mol. The van der Waals surface area contributed by atoms with Gasteiger partial charge in [-0.05, 0) is 40.9 Å². The smallest absolute Gasteiger partial charge is 0.105 e. The summed E-state index contributed by atoms with van der Waals surface area (Å²) in [7, 11) is 0. The normalized spacial score (nSPS) is 30.5. The molecule has 62 valence electrons. The third kappa shape index (κ3) is 1.84.